The van der Waals surface area contributed by atoms with Crippen molar-refractivity contribution in [1.82, 2.24) is 0 Å². The second-order valence-corrected chi connectivity index (χ2v) is 11.6. The van der Waals surface area contributed by atoms with Crippen LogP contribution in [0.4, 0.5) is 0 Å². The molecular weight excluding hydrogens is 404 g/mol. The summed E-state index contributed by atoms with van der Waals surface area (Å²) in [6.07, 6.45) is 12.7. The monoisotopic (exact) mass is 444 g/mol. The Kier molecular flexibility index (Phi) is 5.95. The fourth-order valence-electron chi connectivity index (χ4n) is 7.41. The molecule has 1 heterocycles. The summed E-state index contributed by atoms with van der Waals surface area (Å²) in [6.45, 7) is 8.81. The molecule has 8 atom stereocenters. The summed E-state index contributed by atoms with van der Waals surface area (Å²) >= 11 is 0. The number of hydrogen-bond donors (Lipinski definition) is 3. The highest BCUT2D eigenvalue weighted by Gasteiger charge is 2.57. The minimum atomic E-state index is -1.07. The third-order valence-electron chi connectivity index (χ3n) is 9.55. The van der Waals surface area contributed by atoms with E-state index in [4.69, 9.17) is 9.78 Å². The van der Waals surface area contributed by atoms with Gasteiger partial charge in [-0.2, -0.15) is 0 Å². The molecule has 4 unspecified atom stereocenters. The van der Waals surface area contributed by atoms with E-state index in [1.54, 1.807) is 0 Å². The number of aliphatic hydroxyl groups excluding tert-OH is 2. The van der Waals surface area contributed by atoms with Crippen molar-refractivity contribution < 1.29 is 25.1 Å². The summed E-state index contributed by atoms with van der Waals surface area (Å²) in [5, 5.41) is 31.0. The Morgan fingerprint density at radius 2 is 1.94 bits per heavy atom. The average Bonchev–Trinajstić information content (AvgIpc) is 3.45. The highest BCUT2D eigenvalue weighted by Crippen LogP contribution is 2.61. The Morgan fingerprint density at radius 3 is 2.69 bits per heavy atom. The lowest BCUT2D eigenvalue weighted by Crippen LogP contribution is -2.39. The molecule has 1 saturated heterocycles. The molecule has 0 aromatic heterocycles. The number of fused-ring (bicyclic) bond motifs is 1. The molecule has 5 fully saturated rings. The lowest BCUT2D eigenvalue weighted by molar-refractivity contribution is -0.388. The highest BCUT2D eigenvalue weighted by molar-refractivity contribution is 5.38. The molecule has 4 saturated carbocycles. The number of aliphatic hydroxyl groups is 3. The third-order valence-corrected chi connectivity index (χ3v) is 9.55. The molecule has 0 aromatic rings. The van der Waals surface area contributed by atoms with Crippen LogP contribution in [-0.2, 0) is 9.78 Å². The van der Waals surface area contributed by atoms with Crippen LogP contribution in [0.3, 0.4) is 0 Å². The molecule has 0 aromatic carbocycles. The van der Waals surface area contributed by atoms with Crippen molar-refractivity contribution in [2.24, 2.45) is 29.1 Å². The standard InChI is InChI=1S/C27H40O5/c1-16-19(13-21(28)14-24(16)29)7-6-18-5-4-12-26(3)22(10-11-23(18)26)17(2)25-15-27(30,32-31-25)20-8-9-20/h6-7,17,20-25,28-30H,1,4-5,8-15H2,2-3H3/b18-6+,19-7-/t17?,21-,22-,23?,24+,25?,26-,27?/m1/s1. The number of rotatable bonds is 4. The molecular formula is C27H40O5. The second-order valence-electron chi connectivity index (χ2n) is 11.6. The van der Waals surface area contributed by atoms with Gasteiger partial charge in [0, 0.05) is 18.8 Å². The lowest BCUT2D eigenvalue weighted by Gasteiger charge is -2.45. The minimum absolute atomic E-state index is 0.0359. The van der Waals surface area contributed by atoms with Gasteiger partial charge in [-0.25, -0.2) is 9.78 Å². The average molecular weight is 445 g/mol. The lowest BCUT2D eigenvalue weighted by atomic mass is 9.60. The molecule has 0 amide bonds. The smallest absolute Gasteiger partial charge is 0.204 e. The molecule has 3 N–H and O–H groups in total. The molecule has 5 heteroatoms. The fourth-order valence-corrected chi connectivity index (χ4v) is 7.41. The molecule has 0 bridgehead atoms. The summed E-state index contributed by atoms with van der Waals surface area (Å²) in [5.41, 5.74) is 3.47. The maximum atomic E-state index is 10.8. The first-order chi connectivity index (χ1) is 15.2. The largest absolute Gasteiger partial charge is 0.393 e. The molecule has 0 spiro atoms. The van der Waals surface area contributed by atoms with E-state index in [1.807, 2.05) is 0 Å². The zero-order chi connectivity index (χ0) is 22.7. The molecule has 5 rings (SSSR count). The number of hydrogen-bond acceptors (Lipinski definition) is 5. The van der Waals surface area contributed by atoms with Crippen molar-refractivity contribution >= 4 is 0 Å². The highest BCUT2D eigenvalue weighted by atomic mass is 17.2. The third kappa shape index (κ3) is 3.94. The Labute approximate surface area is 192 Å². The molecule has 178 valence electrons. The first kappa shape index (κ1) is 22.8. The van der Waals surface area contributed by atoms with Crippen LogP contribution in [0.1, 0.15) is 78.1 Å². The fraction of sp³-hybridized carbons (Fsp3) is 0.778. The van der Waals surface area contributed by atoms with E-state index in [0.29, 0.717) is 37.0 Å². The van der Waals surface area contributed by atoms with Gasteiger partial charge in [-0.3, -0.25) is 0 Å². The maximum Gasteiger partial charge on any atom is 0.204 e. The summed E-state index contributed by atoms with van der Waals surface area (Å²) in [7, 11) is 0. The molecule has 5 aliphatic rings. The van der Waals surface area contributed by atoms with E-state index in [9.17, 15) is 15.3 Å². The van der Waals surface area contributed by atoms with E-state index in [1.165, 1.54) is 31.3 Å². The van der Waals surface area contributed by atoms with Crippen LogP contribution in [0, 0.1) is 29.1 Å². The zero-order valence-electron chi connectivity index (χ0n) is 19.6. The van der Waals surface area contributed by atoms with E-state index in [0.717, 1.165) is 30.4 Å². The van der Waals surface area contributed by atoms with Crippen molar-refractivity contribution in [1.29, 1.82) is 0 Å². The van der Waals surface area contributed by atoms with Crippen LogP contribution in [0.15, 0.2) is 35.5 Å². The summed E-state index contributed by atoms with van der Waals surface area (Å²) in [5.74, 6) is 0.623. The van der Waals surface area contributed by atoms with E-state index < -0.39 is 18.0 Å². The molecule has 5 nitrogen and oxygen atoms in total. The van der Waals surface area contributed by atoms with Gasteiger partial charge in [0.2, 0.25) is 5.79 Å². The summed E-state index contributed by atoms with van der Waals surface area (Å²) < 4.78 is 0. The van der Waals surface area contributed by atoms with Crippen molar-refractivity contribution in [2.75, 3.05) is 0 Å². The van der Waals surface area contributed by atoms with Gasteiger partial charge in [-0.1, -0.05) is 38.2 Å². The first-order valence-electron chi connectivity index (χ1n) is 12.7. The van der Waals surface area contributed by atoms with Crippen LogP contribution in [0.25, 0.3) is 0 Å². The van der Waals surface area contributed by atoms with Crippen molar-refractivity contribution in [3.63, 3.8) is 0 Å². The van der Waals surface area contributed by atoms with Crippen molar-refractivity contribution in [3.05, 3.63) is 35.5 Å². The van der Waals surface area contributed by atoms with Gasteiger partial charge >= 0.3 is 0 Å². The first-order valence-corrected chi connectivity index (χ1v) is 12.7. The summed E-state index contributed by atoms with van der Waals surface area (Å²) in [6, 6.07) is 0. The van der Waals surface area contributed by atoms with E-state index >= 15 is 0 Å². The van der Waals surface area contributed by atoms with Gasteiger partial charge in [0.1, 0.15) is 6.10 Å². The van der Waals surface area contributed by atoms with Gasteiger partial charge in [0.25, 0.3) is 0 Å². The van der Waals surface area contributed by atoms with Gasteiger partial charge in [-0.15, -0.1) is 0 Å². The Morgan fingerprint density at radius 1 is 1.16 bits per heavy atom. The van der Waals surface area contributed by atoms with Gasteiger partial charge in [0.05, 0.1) is 12.2 Å². The molecule has 1 aliphatic heterocycles. The number of allylic oxidation sites excluding steroid dienone is 3. The predicted octanol–water partition coefficient (Wildman–Crippen LogP) is 4.58. The predicted molar refractivity (Wildman–Crippen MR) is 122 cm³/mol. The topological polar surface area (TPSA) is 79.2 Å². The van der Waals surface area contributed by atoms with E-state index in [-0.39, 0.29) is 17.4 Å². The van der Waals surface area contributed by atoms with Gasteiger partial charge in [-0.05, 0) is 85.7 Å². The SMILES string of the molecule is C=C1/C(=C\C=C2/CCC[C@@]3(C)C2CC[C@@H]3C(C)C2CC(O)(C3CC3)OO2)C[C@@H](O)C[C@@H]1O. The van der Waals surface area contributed by atoms with Crippen LogP contribution in [0.5, 0.6) is 0 Å². The normalized spacial score (nSPS) is 48.4. The Bertz CT molecular complexity index is 813. The van der Waals surface area contributed by atoms with Gasteiger partial charge in [0.15, 0.2) is 0 Å². The maximum absolute atomic E-state index is 10.8. The molecule has 32 heavy (non-hydrogen) atoms. The zero-order valence-corrected chi connectivity index (χ0v) is 19.6. The van der Waals surface area contributed by atoms with Crippen LogP contribution in [0.2, 0.25) is 0 Å². The van der Waals surface area contributed by atoms with Gasteiger partial charge < -0.3 is 15.3 Å². The van der Waals surface area contributed by atoms with Crippen molar-refractivity contribution in [2.45, 2.75) is 102 Å². The van der Waals surface area contributed by atoms with E-state index in [2.05, 4.69) is 32.6 Å². The minimum Gasteiger partial charge on any atom is -0.393 e. The van der Waals surface area contributed by atoms with Crippen LogP contribution >= 0.6 is 0 Å². The van der Waals surface area contributed by atoms with Crippen LogP contribution in [-0.4, -0.2) is 39.4 Å². The molecule has 4 aliphatic carbocycles. The Hall–Kier alpha value is -0.980. The Balaban J connectivity index is 1.31. The second kappa shape index (κ2) is 8.35. The van der Waals surface area contributed by atoms with Crippen molar-refractivity contribution in [3.8, 4) is 0 Å². The molecule has 0 radical (unpaired) electrons. The van der Waals surface area contributed by atoms with Crippen LogP contribution < -0.4 is 0 Å². The summed E-state index contributed by atoms with van der Waals surface area (Å²) in [4.78, 5) is 11.2. The quantitative estimate of drug-likeness (QED) is 0.553.